The molecule has 4 saturated carbocycles. The second kappa shape index (κ2) is 7.61. The molecule has 0 aliphatic heterocycles. The summed E-state index contributed by atoms with van der Waals surface area (Å²) in [5.74, 6) is 3.79. The SMILES string of the molecule is CC(=O)O[C@H]1CC[C@]2(C)C3=CC[C@@]4(C)[C@@H]5CC[C@H](C(C)C)[C@@]5(C)CC[C@]4(C)[C@H]3CC[C@H]2C1(C)C. The van der Waals surface area contributed by atoms with Crippen LogP contribution in [-0.4, -0.2) is 12.1 Å². The summed E-state index contributed by atoms with van der Waals surface area (Å²) in [4.78, 5) is 11.9. The van der Waals surface area contributed by atoms with Gasteiger partial charge in [-0.1, -0.05) is 67.0 Å². The van der Waals surface area contributed by atoms with Crippen molar-refractivity contribution in [1.82, 2.24) is 0 Å². The van der Waals surface area contributed by atoms with Crippen molar-refractivity contribution >= 4 is 5.97 Å². The third kappa shape index (κ3) is 3.01. The molecular weight excluding hydrogens is 416 g/mol. The Hall–Kier alpha value is -0.790. The zero-order valence-electron chi connectivity index (χ0n) is 23.7. The van der Waals surface area contributed by atoms with E-state index in [9.17, 15) is 4.79 Å². The van der Waals surface area contributed by atoms with E-state index in [1.807, 2.05) is 0 Å². The molecule has 0 aromatic heterocycles. The molecule has 0 radical (unpaired) electrons. The van der Waals surface area contributed by atoms with Crippen LogP contribution >= 0.6 is 0 Å². The van der Waals surface area contributed by atoms with Crippen LogP contribution in [0, 0.1) is 56.7 Å². The van der Waals surface area contributed by atoms with E-state index in [2.05, 4.69) is 61.5 Å². The van der Waals surface area contributed by atoms with Crippen LogP contribution in [0.2, 0.25) is 0 Å². The highest BCUT2D eigenvalue weighted by Gasteiger charge is 2.68. The number of allylic oxidation sites excluding steroid dienone is 2. The van der Waals surface area contributed by atoms with Crippen LogP contribution in [0.15, 0.2) is 11.6 Å². The predicted molar refractivity (Wildman–Crippen MR) is 140 cm³/mol. The highest BCUT2D eigenvalue weighted by molar-refractivity contribution is 5.66. The molecule has 2 heteroatoms. The maximum absolute atomic E-state index is 11.9. The van der Waals surface area contributed by atoms with Crippen molar-refractivity contribution in [2.24, 2.45) is 56.7 Å². The van der Waals surface area contributed by atoms with Gasteiger partial charge >= 0.3 is 5.97 Å². The molecule has 0 saturated heterocycles. The molecule has 5 aliphatic rings. The van der Waals surface area contributed by atoms with Crippen LogP contribution in [0.4, 0.5) is 0 Å². The van der Waals surface area contributed by atoms with Crippen LogP contribution in [0.5, 0.6) is 0 Å². The lowest BCUT2D eigenvalue weighted by atomic mass is 9.35. The summed E-state index contributed by atoms with van der Waals surface area (Å²) in [7, 11) is 0. The van der Waals surface area contributed by atoms with Crippen LogP contribution < -0.4 is 0 Å². The summed E-state index contributed by atoms with van der Waals surface area (Å²) in [5.41, 5.74) is 3.46. The molecule has 9 atom stereocenters. The minimum Gasteiger partial charge on any atom is -0.462 e. The number of hydrogen-bond acceptors (Lipinski definition) is 2. The summed E-state index contributed by atoms with van der Waals surface area (Å²) in [6.07, 6.45) is 14.6. The molecule has 192 valence electrons. The van der Waals surface area contributed by atoms with E-state index in [0.29, 0.717) is 22.2 Å². The number of rotatable bonds is 2. The zero-order chi connectivity index (χ0) is 24.9. The lowest BCUT2D eigenvalue weighted by Crippen LogP contribution is -2.62. The fraction of sp³-hybridized carbons (Fsp3) is 0.906. The van der Waals surface area contributed by atoms with E-state index in [4.69, 9.17) is 4.74 Å². The number of esters is 1. The summed E-state index contributed by atoms with van der Waals surface area (Å²) < 4.78 is 5.89. The highest BCUT2D eigenvalue weighted by atomic mass is 16.5. The van der Waals surface area contributed by atoms with Gasteiger partial charge in [-0.05, 0) is 109 Å². The van der Waals surface area contributed by atoms with Gasteiger partial charge < -0.3 is 4.74 Å². The summed E-state index contributed by atoms with van der Waals surface area (Å²) in [6, 6.07) is 0. The lowest BCUT2D eigenvalue weighted by molar-refractivity contribution is -0.179. The number of carbonyl (C=O) groups is 1. The first-order chi connectivity index (χ1) is 15.7. The zero-order valence-corrected chi connectivity index (χ0v) is 23.7. The number of carbonyl (C=O) groups excluding carboxylic acids is 1. The molecule has 4 fully saturated rings. The molecule has 0 bridgehead atoms. The number of hydrogen-bond donors (Lipinski definition) is 0. The Kier molecular flexibility index (Phi) is 5.57. The minimum atomic E-state index is -0.114. The van der Waals surface area contributed by atoms with E-state index in [1.165, 1.54) is 51.4 Å². The van der Waals surface area contributed by atoms with Crippen molar-refractivity contribution in [3.63, 3.8) is 0 Å². The largest absolute Gasteiger partial charge is 0.462 e. The number of ether oxygens (including phenoxy) is 1. The summed E-state index contributed by atoms with van der Waals surface area (Å²) in [5, 5.41) is 0. The molecular formula is C32H52O2. The van der Waals surface area contributed by atoms with Crippen LogP contribution in [0.25, 0.3) is 0 Å². The maximum Gasteiger partial charge on any atom is 0.302 e. The fourth-order valence-corrected chi connectivity index (χ4v) is 11.6. The van der Waals surface area contributed by atoms with E-state index in [1.54, 1.807) is 12.5 Å². The van der Waals surface area contributed by atoms with Gasteiger partial charge in [0, 0.05) is 12.3 Å². The van der Waals surface area contributed by atoms with Gasteiger partial charge in [-0.3, -0.25) is 4.79 Å². The minimum absolute atomic E-state index is 0.0349. The maximum atomic E-state index is 11.9. The van der Waals surface area contributed by atoms with Gasteiger partial charge in [0.1, 0.15) is 6.10 Å². The lowest BCUT2D eigenvalue weighted by Gasteiger charge is -2.69. The molecule has 0 unspecified atom stereocenters. The molecule has 2 nitrogen and oxygen atoms in total. The van der Waals surface area contributed by atoms with Crippen molar-refractivity contribution in [2.75, 3.05) is 0 Å². The average Bonchev–Trinajstić information content (AvgIpc) is 3.10. The van der Waals surface area contributed by atoms with Crippen LogP contribution in [0.3, 0.4) is 0 Å². The first kappa shape index (κ1) is 24.9. The van der Waals surface area contributed by atoms with Crippen molar-refractivity contribution in [3.8, 4) is 0 Å². The Bertz CT molecular complexity index is 883. The number of fused-ring (bicyclic) bond motifs is 7. The second-order valence-corrected chi connectivity index (χ2v) is 15.2. The molecule has 0 spiro atoms. The van der Waals surface area contributed by atoms with E-state index in [0.717, 1.165) is 30.1 Å². The van der Waals surface area contributed by atoms with Gasteiger partial charge in [-0.2, -0.15) is 0 Å². The van der Waals surface area contributed by atoms with Gasteiger partial charge in [-0.15, -0.1) is 0 Å². The van der Waals surface area contributed by atoms with Crippen LogP contribution in [-0.2, 0) is 9.53 Å². The van der Waals surface area contributed by atoms with Gasteiger partial charge in [-0.25, -0.2) is 0 Å². The second-order valence-electron chi connectivity index (χ2n) is 15.2. The molecule has 0 amide bonds. The molecule has 0 heterocycles. The molecule has 0 aromatic rings. The van der Waals surface area contributed by atoms with Gasteiger partial charge in [0.15, 0.2) is 0 Å². The Labute approximate surface area is 210 Å². The topological polar surface area (TPSA) is 26.3 Å². The standard InChI is InChI=1S/C32H52O2/c1-20(2)22-10-13-26-30(22,7)18-19-31(8)24-11-12-25-28(4,5)27(34-21(3)33)15-16-29(25,6)23(24)14-17-32(26,31)9/h14,20,22,24-27H,10-13,15-19H2,1-9H3/t22-,24+,25+,26-,27+,29-,30-,31-,32+/m1/s1. The third-order valence-electron chi connectivity index (χ3n) is 13.5. The fourth-order valence-electron chi connectivity index (χ4n) is 11.6. The third-order valence-corrected chi connectivity index (χ3v) is 13.5. The van der Waals surface area contributed by atoms with E-state index < -0.39 is 0 Å². The van der Waals surface area contributed by atoms with Crippen molar-refractivity contribution in [3.05, 3.63) is 11.6 Å². The Morgan fingerprint density at radius 3 is 2.21 bits per heavy atom. The van der Waals surface area contributed by atoms with E-state index >= 15 is 0 Å². The Balaban J connectivity index is 1.51. The Morgan fingerprint density at radius 2 is 1.56 bits per heavy atom. The molecule has 0 aromatic carbocycles. The molecule has 0 N–H and O–H groups in total. The highest BCUT2D eigenvalue weighted by Crippen LogP contribution is 2.76. The van der Waals surface area contributed by atoms with E-state index in [-0.39, 0.29) is 22.9 Å². The van der Waals surface area contributed by atoms with Crippen LogP contribution in [0.1, 0.15) is 120 Å². The summed E-state index contributed by atoms with van der Waals surface area (Å²) >= 11 is 0. The first-order valence-electron chi connectivity index (χ1n) is 14.6. The van der Waals surface area contributed by atoms with Crippen molar-refractivity contribution in [1.29, 1.82) is 0 Å². The van der Waals surface area contributed by atoms with Crippen molar-refractivity contribution in [2.45, 2.75) is 126 Å². The molecule has 5 aliphatic carbocycles. The first-order valence-corrected chi connectivity index (χ1v) is 14.6. The van der Waals surface area contributed by atoms with Gasteiger partial charge in [0.2, 0.25) is 0 Å². The predicted octanol–water partition coefficient (Wildman–Crippen LogP) is 8.60. The average molecular weight is 469 g/mol. The summed E-state index contributed by atoms with van der Waals surface area (Å²) in [6.45, 7) is 22.0. The normalized spacial score (nSPS) is 51.6. The monoisotopic (exact) mass is 468 g/mol. The molecule has 34 heavy (non-hydrogen) atoms. The Morgan fingerprint density at radius 1 is 0.882 bits per heavy atom. The van der Waals surface area contributed by atoms with Gasteiger partial charge in [0.05, 0.1) is 0 Å². The van der Waals surface area contributed by atoms with Gasteiger partial charge in [0.25, 0.3) is 0 Å². The smallest absolute Gasteiger partial charge is 0.302 e. The van der Waals surface area contributed by atoms with Crippen molar-refractivity contribution < 1.29 is 9.53 Å². The molecule has 5 rings (SSSR count). The quantitative estimate of drug-likeness (QED) is 0.299.